The molecule has 1 aromatic heterocycles. The Labute approximate surface area is 114 Å². The molecule has 0 aliphatic rings. The van der Waals surface area contributed by atoms with E-state index in [1.807, 2.05) is 0 Å². The van der Waals surface area contributed by atoms with Crippen LogP contribution in [0.25, 0.3) is 0 Å². The summed E-state index contributed by atoms with van der Waals surface area (Å²) in [6.07, 6.45) is 3.09. The van der Waals surface area contributed by atoms with Crippen LogP contribution < -0.4 is 10.5 Å². The third-order valence-electron chi connectivity index (χ3n) is 2.47. The molecule has 2 rings (SSSR count). The number of rotatable bonds is 4. The number of nitrogens with zero attached hydrogens (tertiary/aromatic N) is 1. The molecular weight excluding hydrogens is 268 g/mol. The van der Waals surface area contributed by atoms with Crippen LogP contribution in [0.4, 0.5) is 5.69 Å². The fraction of sp³-hybridized carbons (Fsp3) is 0.0769. The lowest BCUT2D eigenvalue weighted by molar-refractivity contribution is 0.0692. The molecule has 5 nitrogen and oxygen atoms in total. The summed E-state index contributed by atoms with van der Waals surface area (Å²) in [5.41, 5.74) is 6.66. The Morgan fingerprint density at radius 1 is 1.42 bits per heavy atom. The maximum atomic E-state index is 11.1. The molecule has 0 aliphatic heterocycles. The maximum absolute atomic E-state index is 11.1. The minimum Gasteiger partial charge on any atom is -0.488 e. The third kappa shape index (κ3) is 3.14. The summed E-state index contributed by atoms with van der Waals surface area (Å²) >= 11 is 5.94. The summed E-state index contributed by atoms with van der Waals surface area (Å²) in [6, 6.07) is 6.16. The van der Waals surface area contributed by atoms with Crippen LogP contribution in [-0.4, -0.2) is 16.1 Å². The van der Waals surface area contributed by atoms with Crippen LogP contribution in [0.15, 0.2) is 36.7 Å². The Hall–Kier alpha value is -2.27. The van der Waals surface area contributed by atoms with Gasteiger partial charge in [-0.3, -0.25) is 4.98 Å². The lowest BCUT2D eigenvalue weighted by Crippen LogP contribution is -2.04. The van der Waals surface area contributed by atoms with Gasteiger partial charge in [0.25, 0.3) is 0 Å². The van der Waals surface area contributed by atoms with Crippen LogP contribution in [0.1, 0.15) is 15.9 Å². The van der Waals surface area contributed by atoms with Gasteiger partial charge in [0, 0.05) is 23.6 Å². The van der Waals surface area contributed by atoms with E-state index in [9.17, 15) is 4.79 Å². The molecule has 0 bridgehead atoms. The number of hydrogen-bond acceptors (Lipinski definition) is 4. The fourth-order valence-electron chi connectivity index (χ4n) is 1.52. The van der Waals surface area contributed by atoms with Crippen molar-refractivity contribution in [1.29, 1.82) is 0 Å². The molecular formula is C13H11ClN2O3. The Kier molecular flexibility index (Phi) is 3.87. The van der Waals surface area contributed by atoms with Gasteiger partial charge in [-0.1, -0.05) is 11.6 Å². The first-order chi connectivity index (χ1) is 9.08. The van der Waals surface area contributed by atoms with Crippen molar-refractivity contribution in [2.45, 2.75) is 6.61 Å². The molecule has 2 aromatic rings. The van der Waals surface area contributed by atoms with E-state index in [0.717, 1.165) is 5.56 Å². The second kappa shape index (κ2) is 5.58. The Morgan fingerprint density at radius 2 is 2.21 bits per heavy atom. The fourth-order valence-corrected chi connectivity index (χ4v) is 1.69. The van der Waals surface area contributed by atoms with Gasteiger partial charge >= 0.3 is 5.97 Å². The predicted octanol–water partition coefficient (Wildman–Crippen LogP) is 2.59. The van der Waals surface area contributed by atoms with Crippen molar-refractivity contribution in [2.24, 2.45) is 0 Å². The molecule has 1 heterocycles. The minimum absolute atomic E-state index is 0.0187. The second-order valence-electron chi connectivity index (χ2n) is 3.82. The van der Waals surface area contributed by atoms with Crippen LogP contribution in [0.2, 0.25) is 5.02 Å². The molecule has 1 aromatic carbocycles. The van der Waals surface area contributed by atoms with Gasteiger partial charge in [-0.2, -0.15) is 0 Å². The highest BCUT2D eigenvalue weighted by Gasteiger charge is 2.12. The number of carboxylic acid groups (broad SMARTS) is 1. The summed E-state index contributed by atoms with van der Waals surface area (Å²) < 4.78 is 5.47. The van der Waals surface area contributed by atoms with E-state index in [2.05, 4.69) is 4.98 Å². The topological polar surface area (TPSA) is 85.4 Å². The molecule has 0 saturated heterocycles. The predicted molar refractivity (Wildman–Crippen MR) is 71.4 cm³/mol. The summed E-state index contributed by atoms with van der Waals surface area (Å²) in [7, 11) is 0. The van der Waals surface area contributed by atoms with Crippen LogP contribution >= 0.6 is 11.6 Å². The van der Waals surface area contributed by atoms with Crippen molar-refractivity contribution in [2.75, 3.05) is 5.73 Å². The highest BCUT2D eigenvalue weighted by molar-refractivity contribution is 6.31. The number of pyridine rings is 1. The molecule has 3 N–H and O–H groups in total. The van der Waals surface area contributed by atoms with Crippen LogP contribution in [0, 0.1) is 0 Å². The molecule has 0 atom stereocenters. The number of aromatic nitrogens is 1. The number of halogens is 1. The molecule has 0 radical (unpaired) electrons. The van der Waals surface area contributed by atoms with E-state index in [4.69, 9.17) is 27.2 Å². The quantitative estimate of drug-likeness (QED) is 0.840. The van der Waals surface area contributed by atoms with Crippen molar-refractivity contribution in [1.82, 2.24) is 4.98 Å². The number of anilines is 1. The van der Waals surface area contributed by atoms with Gasteiger partial charge in [-0.25, -0.2) is 4.79 Å². The van der Waals surface area contributed by atoms with Gasteiger partial charge in [-0.05, 0) is 24.3 Å². The van der Waals surface area contributed by atoms with Crippen molar-refractivity contribution < 1.29 is 14.6 Å². The number of hydrogen-bond donors (Lipinski definition) is 2. The number of aromatic carboxylic acids is 1. The molecule has 0 amide bonds. The minimum atomic E-state index is -1.09. The average Bonchev–Trinajstić information content (AvgIpc) is 2.38. The highest BCUT2D eigenvalue weighted by Crippen LogP contribution is 2.23. The van der Waals surface area contributed by atoms with Gasteiger partial charge in [-0.15, -0.1) is 0 Å². The van der Waals surface area contributed by atoms with E-state index in [0.29, 0.717) is 10.7 Å². The van der Waals surface area contributed by atoms with Crippen molar-refractivity contribution >= 4 is 23.3 Å². The first-order valence-corrected chi connectivity index (χ1v) is 5.79. The van der Waals surface area contributed by atoms with Gasteiger partial charge in [0.15, 0.2) is 0 Å². The first kappa shape index (κ1) is 13.2. The van der Waals surface area contributed by atoms with Crippen molar-refractivity contribution in [3.63, 3.8) is 0 Å². The molecule has 0 spiro atoms. The smallest absolute Gasteiger partial charge is 0.339 e. The molecule has 0 unspecified atom stereocenters. The monoisotopic (exact) mass is 278 g/mol. The Morgan fingerprint density at radius 3 is 2.89 bits per heavy atom. The van der Waals surface area contributed by atoms with Gasteiger partial charge in [0.1, 0.15) is 17.9 Å². The summed E-state index contributed by atoms with van der Waals surface area (Å²) in [4.78, 5) is 14.9. The average molecular weight is 279 g/mol. The van der Waals surface area contributed by atoms with Crippen molar-refractivity contribution in [3.05, 3.63) is 52.8 Å². The summed E-state index contributed by atoms with van der Waals surface area (Å²) in [5.74, 6) is -0.849. The number of carbonyl (C=O) groups is 1. The molecule has 98 valence electrons. The molecule has 0 fully saturated rings. The molecule has 19 heavy (non-hydrogen) atoms. The normalized spacial score (nSPS) is 10.2. The van der Waals surface area contributed by atoms with Gasteiger partial charge < -0.3 is 15.6 Å². The number of nitrogen functional groups attached to an aromatic ring is 1. The highest BCUT2D eigenvalue weighted by atomic mass is 35.5. The number of carboxylic acids is 1. The van der Waals surface area contributed by atoms with E-state index >= 15 is 0 Å². The zero-order chi connectivity index (χ0) is 13.8. The van der Waals surface area contributed by atoms with E-state index in [1.165, 1.54) is 18.3 Å². The Balaban J connectivity index is 2.20. The standard InChI is InChI=1S/C13H11ClN2O3/c14-11-6-16-4-3-8(11)7-19-12-2-1-9(15)5-10(12)13(17)18/h1-6H,7,15H2,(H,17,18). The SMILES string of the molecule is Nc1ccc(OCc2ccncc2Cl)c(C(=O)O)c1. The molecule has 6 heteroatoms. The third-order valence-corrected chi connectivity index (χ3v) is 2.81. The Bertz CT molecular complexity index is 617. The number of ether oxygens (including phenoxy) is 1. The number of benzene rings is 1. The lowest BCUT2D eigenvalue weighted by atomic mass is 10.2. The van der Waals surface area contributed by atoms with Crippen LogP contribution in [0.3, 0.4) is 0 Å². The van der Waals surface area contributed by atoms with Crippen LogP contribution in [-0.2, 0) is 6.61 Å². The maximum Gasteiger partial charge on any atom is 0.339 e. The molecule has 0 saturated carbocycles. The summed E-state index contributed by atoms with van der Waals surface area (Å²) in [6.45, 7) is 0.158. The number of nitrogens with two attached hydrogens (primary N) is 1. The zero-order valence-electron chi connectivity index (χ0n) is 9.84. The molecule has 0 aliphatic carbocycles. The largest absolute Gasteiger partial charge is 0.488 e. The van der Waals surface area contributed by atoms with E-state index < -0.39 is 5.97 Å². The van der Waals surface area contributed by atoms with Gasteiger partial charge in [0.05, 0.1) is 5.02 Å². The summed E-state index contributed by atoms with van der Waals surface area (Å²) in [5, 5.41) is 9.54. The zero-order valence-corrected chi connectivity index (χ0v) is 10.6. The van der Waals surface area contributed by atoms with E-state index in [-0.39, 0.29) is 17.9 Å². The first-order valence-electron chi connectivity index (χ1n) is 5.42. The van der Waals surface area contributed by atoms with Crippen molar-refractivity contribution in [3.8, 4) is 5.75 Å². The second-order valence-corrected chi connectivity index (χ2v) is 4.22. The van der Waals surface area contributed by atoms with E-state index in [1.54, 1.807) is 18.3 Å². The lowest BCUT2D eigenvalue weighted by Gasteiger charge is -2.10. The van der Waals surface area contributed by atoms with Gasteiger partial charge in [0.2, 0.25) is 0 Å². The van der Waals surface area contributed by atoms with Crippen LogP contribution in [0.5, 0.6) is 5.75 Å².